The van der Waals surface area contributed by atoms with Crippen LogP contribution in [0.5, 0.6) is 0 Å². The second kappa shape index (κ2) is 7.14. The minimum atomic E-state index is 0.115. The van der Waals surface area contributed by atoms with Gasteiger partial charge in [0, 0.05) is 24.7 Å². The van der Waals surface area contributed by atoms with Gasteiger partial charge in [0.2, 0.25) is 5.91 Å². The third-order valence-electron chi connectivity index (χ3n) is 2.10. The molecule has 0 aromatic carbocycles. The molecule has 1 aromatic heterocycles. The highest BCUT2D eigenvalue weighted by molar-refractivity contribution is 7.98. The second-order valence-corrected chi connectivity index (χ2v) is 5.55. The van der Waals surface area contributed by atoms with Gasteiger partial charge in [-0.05, 0) is 6.26 Å². The monoisotopic (exact) mass is 278 g/mol. The Morgan fingerprint density at radius 1 is 1.69 bits per heavy atom. The van der Waals surface area contributed by atoms with Crippen LogP contribution in [0.1, 0.15) is 10.7 Å². The standard InChI is InChI=1S/C10H15ClN2OS2/c1-13(3-4-15-2)10(14)5-9-12-8(6-11)7-16-9/h7H,3-6H2,1-2H3. The molecule has 1 amide bonds. The minimum Gasteiger partial charge on any atom is -0.345 e. The van der Waals surface area contributed by atoms with Gasteiger partial charge in [0.1, 0.15) is 5.01 Å². The van der Waals surface area contributed by atoms with Gasteiger partial charge >= 0.3 is 0 Å². The van der Waals surface area contributed by atoms with E-state index in [-0.39, 0.29) is 5.91 Å². The summed E-state index contributed by atoms with van der Waals surface area (Å²) in [7, 11) is 1.83. The highest BCUT2D eigenvalue weighted by Crippen LogP contribution is 2.12. The Morgan fingerprint density at radius 3 is 3.00 bits per heavy atom. The first-order valence-electron chi connectivity index (χ1n) is 4.89. The van der Waals surface area contributed by atoms with Gasteiger partial charge in [-0.2, -0.15) is 11.8 Å². The van der Waals surface area contributed by atoms with Gasteiger partial charge < -0.3 is 4.90 Å². The molecule has 6 heteroatoms. The summed E-state index contributed by atoms with van der Waals surface area (Å²) in [4.78, 5) is 17.8. The topological polar surface area (TPSA) is 33.2 Å². The molecular weight excluding hydrogens is 264 g/mol. The van der Waals surface area contributed by atoms with E-state index >= 15 is 0 Å². The third-order valence-corrected chi connectivity index (χ3v) is 3.86. The number of thioether (sulfide) groups is 1. The summed E-state index contributed by atoms with van der Waals surface area (Å²) in [6, 6.07) is 0. The fourth-order valence-corrected chi connectivity index (χ4v) is 2.58. The van der Waals surface area contributed by atoms with Crippen molar-refractivity contribution in [2.24, 2.45) is 0 Å². The predicted molar refractivity (Wildman–Crippen MR) is 71.4 cm³/mol. The average Bonchev–Trinajstić information content (AvgIpc) is 2.73. The molecule has 1 rings (SSSR count). The van der Waals surface area contributed by atoms with Crippen molar-refractivity contribution < 1.29 is 4.79 Å². The number of alkyl halides is 1. The molecule has 16 heavy (non-hydrogen) atoms. The maximum absolute atomic E-state index is 11.8. The van der Waals surface area contributed by atoms with Crippen LogP contribution in [0.15, 0.2) is 5.38 Å². The van der Waals surface area contributed by atoms with Gasteiger partial charge in [0.25, 0.3) is 0 Å². The molecule has 1 heterocycles. The SMILES string of the molecule is CSCCN(C)C(=O)Cc1nc(CCl)cs1. The zero-order valence-electron chi connectivity index (χ0n) is 9.40. The van der Waals surface area contributed by atoms with Crippen molar-refractivity contribution in [1.29, 1.82) is 0 Å². The molecule has 0 spiro atoms. The van der Waals surface area contributed by atoms with Crippen molar-refractivity contribution in [1.82, 2.24) is 9.88 Å². The largest absolute Gasteiger partial charge is 0.345 e. The van der Waals surface area contributed by atoms with E-state index in [0.717, 1.165) is 23.0 Å². The first-order valence-corrected chi connectivity index (χ1v) is 7.70. The van der Waals surface area contributed by atoms with Crippen molar-refractivity contribution in [2.75, 3.05) is 25.6 Å². The molecule has 0 aliphatic heterocycles. The molecule has 0 aliphatic carbocycles. The smallest absolute Gasteiger partial charge is 0.229 e. The summed E-state index contributed by atoms with van der Waals surface area (Å²) in [5, 5.41) is 2.74. The van der Waals surface area contributed by atoms with E-state index in [2.05, 4.69) is 4.98 Å². The third kappa shape index (κ3) is 4.31. The summed E-state index contributed by atoms with van der Waals surface area (Å²) in [6.45, 7) is 0.785. The highest BCUT2D eigenvalue weighted by Gasteiger charge is 2.11. The van der Waals surface area contributed by atoms with E-state index in [1.165, 1.54) is 11.3 Å². The molecule has 0 unspecified atom stereocenters. The zero-order chi connectivity index (χ0) is 12.0. The summed E-state index contributed by atoms with van der Waals surface area (Å²) in [5.74, 6) is 1.49. The van der Waals surface area contributed by atoms with Gasteiger partial charge in [-0.3, -0.25) is 4.79 Å². The van der Waals surface area contributed by atoms with E-state index in [1.54, 1.807) is 16.7 Å². The highest BCUT2D eigenvalue weighted by atomic mass is 35.5. The van der Waals surface area contributed by atoms with Crippen LogP contribution in [0, 0.1) is 0 Å². The Bertz CT molecular complexity index is 343. The van der Waals surface area contributed by atoms with Crippen LogP contribution in [0.25, 0.3) is 0 Å². The Morgan fingerprint density at radius 2 is 2.44 bits per heavy atom. The number of carbonyl (C=O) groups is 1. The summed E-state index contributed by atoms with van der Waals surface area (Å²) >= 11 is 8.89. The van der Waals surface area contributed by atoms with Crippen LogP contribution in [0.4, 0.5) is 0 Å². The van der Waals surface area contributed by atoms with E-state index < -0.39 is 0 Å². The number of halogens is 1. The zero-order valence-corrected chi connectivity index (χ0v) is 11.8. The van der Waals surface area contributed by atoms with Crippen molar-refractivity contribution in [3.05, 3.63) is 16.1 Å². The number of amides is 1. The molecule has 0 saturated carbocycles. The Labute approximate surface area is 109 Å². The molecule has 1 aromatic rings. The number of carbonyl (C=O) groups excluding carboxylic acids is 1. The molecule has 0 saturated heterocycles. The van der Waals surface area contributed by atoms with Crippen LogP contribution >= 0.6 is 34.7 Å². The molecule has 90 valence electrons. The number of likely N-dealkylation sites (N-methyl/N-ethyl adjacent to an activating group) is 1. The quantitative estimate of drug-likeness (QED) is 0.749. The van der Waals surface area contributed by atoms with E-state index in [0.29, 0.717) is 12.3 Å². The average molecular weight is 279 g/mol. The van der Waals surface area contributed by atoms with Crippen LogP contribution in [-0.2, 0) is 17.1 Å². The lowest BCUT2D eigenvalue weighted by Gasteiger charge is -2.15. The van der Waals surface area contributed by atoms with Gasteiger partial charge in [-0.1, -0.05) is 0 Å². The van der Waals surface area contributed by atoms with E-state index in [1.807, 2.05) is 18.7 Å². The maximum atomic E-state index is 11.8. The lowest BCUT2D eigenvalue weighted by atomic mass is 10.4. The number of hydrogen-bond donors (Lipinski definition) is 0. The second-order valence-electron chi connectivity index (χ2n) is 3.35. The van der Waals surface area contributed by atoms with E-state index in [4.69, 9.17) is 11.6 Å². The number of nitrogens with zero attached hydrogens (tertiary/aromatic N) is 2. The molecular formula is C10H15ClN2OS2. The molecule has 0 N–H and O–H groups in total. The van der Waals surface area contributed by atoms with Crippen LogP contribution in [0.3, 0.4) is 0 Å². The van der Waals surface area contributed by atoms with Gasteiger partial charge in [-0.25, -0.2) is 4.98 Å². The van der Waals surface area contributed by atoms with Crippen molar-refractivity contribution in [2.45, 2.75) is 12.3 Å². The van der Waals surface area contributed by atoms with Crippen LogP contribution in [-0.4, -0.2) is 41.4 Å². The Hall–Kier alpha value is -0.260. The maximum Gasteiger partial charge on any atom is 0.229 e. The Kier molecular flexibility index (Phi) is 6.16. The summed E-state index contributed by atoms with van der Waals surface area (Å²) in [5.41, 5.74) is 0.848. The number of rotatable bonds is 6. The summed E-state index contributed by atoms with van der Waals surface area (Å²) < 4.78 is 0. The molecule has 0 fully saturated rings. The lowest BCUT2D eigenvalue weighted by molar-refractivity contribution is -0.128. The van der Waals surface area contributed by atoms with Crippen molar-refractivity contribution in [3.8, 4) is 0 Å². The first-order chi connectivity index (χ1) is 7.67. The van der Waals surface area contributed by atoms with Crippen molar-refractivity contribution >= 4 is 40.6 Å². The van der Waals surface area contributed by atoms with Gasteiger partial charge in [0.05, 0.1) is 18.0 Å². The number of aromatic nitrogens is 1. The molecule has 0 atom stereocenters. The minimum absolute atomic E-state index is 0.115. The molecule has 0 bridgehead atoms. The predicted octanol–water partition coefficient (Wildman–Crippen LogP) is 2.25. The molecule has 0 aliphatic rings. The molecule has 0 radical (unpaired) electrons. The molecule has 3 nitrogen and oxygen atoms in total. The summed E-state index contributed by atoms with van der Waals surface area (Å²) in [6.07, 6.45) is 2.42. The number of hydrogen-bond acceptors (Lipinski definition) is 4. The lowest BCUT2D eigenvalue weighted by Crippen LogP contribution is -2.30. The normalized spacial score (nSPS) is 10.4. The van der Waals surface area contributed by atoms with Gasteiger partial charge in [-0.15, -0.1) is 22.9 Å². The number of thiazole rings is 1. The van der Waals surface area contributed by atoms with Gasteiger partial charge in [0.15, 0.2) is 0 Å². The fourth-order valence-electron chi connectivity index (χ4n) is 1.11. The van der Waals surface area contributed by atoms with Crippen LogP contribution < -0.4 is 0 Å². The van der Waals surface area contributed by atoms with E-state index in [9.17, 15) is 4.79 Å². The Balaban J connectivity index is 2.44. The first kappa shape index (κ1) is 13.8. The fraction of sp³-hybridized carbons (Fsp3) is 0.600. The van der Waals surface area contributed by atoms with Crippen molar-refractivity contribution in [3.63, 3.8) is 0 Å². The van der Waals surface area contributed by atoms with Crippen LogP contribution in [0.2, 0.25) is 0 Å².